The second kappa shape index (κ2) is 7.14. The summed E-state index contributed by atoms with van der Waals surface area (Å²) < 4.78 is 6.38. The van der Waals surface area contributed by atoms with E-state index in [2.05, 4.69) is 47.2 Å². The Labute approximate surface area is 133 Å². The van der Waals surface area contributed by atoms with Gasteiger partial charge in [0, 0.05) is 11.0 Å². The lowest BCUT2D eigenvalue weighted by Gasteiger charge is -2.13. The van der Waals surface area contributed by atoms with Gasteiger partial charge in [-0.2, -0.15) is 5.26 Å². The third-order valence-corrected chi connectivity index (χ3v) is 3.73. The predicted molar refractivity (Wildman–Crippen MR) is 88.5 cm³/mol. The highest BCUT2D eigenvalue weighted by Crippen LogP contribution is 2.28. The highest BCUT2D eigenvalue weighted by molar-refractivity contribution is 9.10. The summed E-state index contributed by atoms with van der Waals surface area (Å²) in [6.45, 7) is 4.94. The number of rotatable bonds is 5. The van der Waals surface area contributed by atoms with Crippen molar-refractivity contribution >= 4 is 21.6 Å². The quantitative estimate of drug-likeness (QED) is 0.863. The van der Waals surface area contributed by atoms with Crippen molar-refractivity contribution in [1.29, 1.82) is 5.26 Å². The van der Waals surface area contributed by atoms with Gasteiger partial charge in [0.25, 0.3) is 0 Å². The number of ether oxygens (including phenoxy) is 1. The molecule has 108 valence electrons. The first-order valence-corrected chi connectivity index (χ1v) is 7.49. The highest BCUT2D eigenvalue weighted by Gasteiger charge is 2.05. The lowest BCUT2D eigenvalue weighted by atomic mass is 10.1. The van der Waals surface area contributed by atoms with Crippen molar-refractivity contribution in [3.8, 4) is 11.8 Å². The number of hydrogen-bond acceptors (Lipinski definition) is 3. The van der Waals surface area contributed by atoms with Gasteiger partial charge in [0.1, 0.15) is 11.8 Å². The number of halogens is 1. The standard InChI is InChI=1S/C17H17BrN2O/c1-12-8-13(2)17(16(18)9-12)20-11-14-4-3-5-15(10-14)21-7-6-19/h3-5,8-10,20H,7,11H2,1-2H3. The summed E-state index contributed by atoms with van der Waals surface area (Å²) in [6.07, 6.45) is 0. The molecule has 0 spiro atoms. The molecule has 1 N–H and O–H groups in total. The van der Waals surface area contributed by atoms with Crippen molar-refractivity contribution in [2.45, 2.75) is 20.4 Å². The van der Waals surface area contributed by atoms with Crippen LogP contribution >= 0.6 is 15.9 Å². The van der Waals surface area contributed by atoms with E-state index in [1.54, 1.807) is 0 Å². The lowest BCUT2D eigenvalue weighted by molar-refractivity contribution is 0.368. The smallest absolute Gasteiger partial charge is 0.174 e. The van der Waals surface area contributed by atoms with Gasteiger partial charge in [0.05, 0.1) is 5.69 Å². The fourth-order valence-electron chi connectivity index (χ4n) is 2.19. The van der Waals surface area contributed by atoms with E-state index in [0.717, 1.165) is 21.5 Å². The Kier molecular flexibility index (Phi) is 5.24. The number of hydrogen-bond donors (Lipinski definition) is 1. The average molecular weight is 345 g/mol. The molecule has 2 rings (SSSR count). The Balaban J connectivity index is 2.08. The summed E-state index contributed by atoms with van der Waals surface area (Å²) in [5, 5.41) is 12.0. The first-order chi connectivity index (χ1) is 10.1. The number of benzene rings is 2. The summed E-state index contributed by atoms with van der Waals surface area (Å²) in [6, 6.07) is 14.0. The van der Waals surface area contributed by atoms with Crippen LogP contribution in [0.2, 0.25) is 0 Å². The summed E-state index contributed by atoms with van der Waals surface area (Å²) in [5.74, 6) is 0.718. The first-order valence-electron chi connectivity index (χ1n) is 6.69. The van der Waals surface area contributed by atoms with E-state index in [4.69, 9.17) is 10.00 Å². The molecule has 0 saturated carbocycles. The minimum atomic E-state index is 0.0689. The number of nitrogens with one attached hydrogen (secondary N) is 1. The SMILES string of the molecule is Cc1cc(C)c(NCc2cccc(OCC#N)c2)c(Br)c1. The molecule has 21 heavy (non-hydrogen) atoms. The maximum Gasteiger partial charge on any atom is 0.174 e. The molecule has 0 unspecified atom stereocenters. The molecule has 2 aromatic carbocycles. The molecule has 0 aliphatic carbocycles. The number of nitrogens with zero attached hydrogens (tertiary/aromatic N) is 1. The Morgan fingerprint density at radius 1 is 1.24 bits per heavy atom. The van der Waals surface area contributed by atoms with Crippen LogP contribution in [-0.2, 0) is 6.54 Å². The summed E-state index contributed by atoms with van der Waals surface area (Å²) in [4.78, 5) is 0. The number of nitriles is 1. The maximum atomic E-state index is 8.54. The van der Waals surface area contributed by atoms with E-state index in [0.29, 0.717) is 6.54 Å². The fraction of sp³-hybridized carbons (Fsp3) is 0.235. The third kappa shape index (κ3) is 4.24. The zero-order valence-corrected chi connectivity index (χ0v) is 13.7. The van der Waals surface area contributed by atoms with Gasteiger partial charge in [0.2, 0.25) is 0 Å². The Morgan fingerprint density at radius 3 is 2.76 bits per heavy atom. The molecular formula is C17H17BrN2O. The van der Waals surface area contributed by atoms with E-state index >= 15 is 0 Å². The highest BCUT2D eigenvalue weighted by atomic mass is 79.9. The van der Waals surface area contributed by atoms with Crippen molar-refractivity contribution in [1.82, 2.24) is 0 Å². The molecule has 0 radical (unpaired) electrons. The zero-order chi connectivity index (χ0) is 15.2. The van der Waals surface area contributed by atoms with E-state index in [9.17, 15) is 0 Å². The fourth-order valence-corrected chi connectivity index (χ4v) is 3.00. The van der Waals surface area contributed by atoms with Crippen molar-refractivity contribution in [2.75, 3.05) is 11.9 Å². The van der Waals surface area contributed by atoms with Crippen molar-refractivity contribution in [2.24, 2.45) is 0 Å². The Bertz CT molecular complexity index is 654. The monoisotopic (exact) mass is 344 g/mol. The molecule has 0 heterocycles. The predicted octanol–water partition coefficient (Wildman–Crippen LogP) is 4.58. The van der Waals surface area contributed by atoms with Crippen LogP contribution in [0.5, 0.6) is 5.75 Å². The summed E-state index contributed by atoms with van der Waals surface area (Å²) in [7, 11) is 0. The molecule has 0 aliphatic rings. The molecule has 2 aromatic rings. The second-order valence-electron chi connectivity index (χ2n) is 4.89. The molecule has 0 amide bonds. The van der Waals surface area contributed by atoms with E-state index in [1.807, 2.05) is 30.3 Å². The van der Waals surface area contributed by atoms with Crippen LogP contribution in [0.15, 0.2) is 40.9 Å². The van der Waals surface area contributed by atoms with Gasteiger partial charge in [0.15, 0.2) is 6.61 Å². The average Bonchev–Trinajstić information content (AvgIpc) is 2.44. The second-order valence-corrected chi connectivity index (χ2v) is 5.74. The molecule has 3 nitrogen and oxygen atoms in total. The van der Waals surface area contributed by atoms with Crippen LogP contribution in [-0.4, -0.2) is 6.61 Å². The lowest BCUT2D eigenvalue weighted by Crippen LogP contribution is -2.03. The van der Waals surface area contributed by atoms with Gasteiger partial charge < -0.3 is 10.1 Å². The molecule has 0 saturated heterocycles. The van der Waals surface area contributed by atoms with Gasteiger partial charge in [-0.3, -0.25) is 0 Å². The molecule has 0 fully saturated rings. The van der Waals surface area contributed by atoms with Gasteiger partial charge in [-0.05, 0) is 64.7 Å². The number of aryl methyl sites for hydroxylation is 2. The molecule has 0 aliphatic heterocycles. The van der Waals surface area contributed by atoms with Crippen LogP contribution in [0.3, 0.4) is 0 Å². The Morgan fingerprint density at radius 2 is 2.05 bits per heavy atom. The van der Waals surface area contributed by atoms with E-state index < -0.39 is 0 Å². The van der Waals surface area contributed by atoms with Gasteiger partial charge in [-0.25, -0.2) is 0 Å². The Hall–Kier alpha value is -1.99. The van der Waals surface area contributed by atoms with Gasteiger partial charge >= 0.3 is 0 Å². The minimum Gasteiger partial charge on any atom is -0.479 e. The first kappa shape index (κ1) is 15.4. The number of anilines is 1. The van der Waals surface area contributed by atoms with Crippen LogP contribution in [0.25, 0.3) is 0 Å². The zero-order valence-electron chi connectivity index (χ0n) is 12.1. The van der Waals surface area contributed by atoms with E-state index in [1.165, 1.54) is 11.1 Å². The van der Waals surface area contributed by atoms with Gasteiger partial charge in [-0.1, -0.05) is 18.2 Å². The molecule has 0 atom stereocenters. The van der Waals surface area contributed by atoms with Crippen molar-refractivity contribution < 1.29 is 4.74 Å². The maximum absolute atomic E-state index is 8.54. The normalized spacial score (nSPS) is 10.0. The largest absolute Gasteiger partial charge is 0.479 e. The molecule has 0 bridgehead atoms. The van der Waals surface area contributed by atoms with Crippen LogP contribution < -0.4 is 10.1 Å². The molecule has 4 heteroatoms. The topological polar surface area (TPSA) is 45.0 Å². The third-order valence-electron chi connectivity index (χ3n) is 3.10. The summed E-state index contributed by atoms with van der Waals surface area (Å²) >= 11 is 3.60. The van der Waals surface area contributed by atoms with Crippen molar-refractivity contribution in [3.63, 3.8) is 0 Å². The van der Waals surface area contributed by atoms with Crippen LogP contribution in [0.4, 0.5) is 5.69 Å². The van der Waals surface area contributed by atoms with E-state index in [-0.39, 0.29) is 6.61 Å². The van der Waals surface area contributed by atoms with Gasteiger partial charge in [-0.15, -0.1) is 0 Å². The van der Waals surface area contributed by atoms with Crippen LogP contribution in [0, 0.1) is 25.2 Å². The molecule has 0 aromatic heterocycles. The summed E-state index contributed by atoms with van der Waals surface area (Å²) in [5.41, 5.74) is 4.65. The molecular weight excluding hydrogens is 328 g/mol. The van der Waals surface area contributed by atoms with Crippen molar-refractivity contribution in [3.05, 3.63) is 57.6 Å². The van der Waals surface area contributed by atoms with Crippen LogP contribution in [0.1, 0.15) is 16.7 Å². The minimum absolute atomic E-state index is 0.0689.